The molecule has 0 saturated carbocycles. The Morgan fingerprint density at radius 2 is 1.87 bits per heavy atom. The van der Waals surface area contributed by atoms with Gasteiger partial charge in [0, 0.05) is 24.6 Å². The van der Waals surface area contributed by atoms with Crippen molar-refractivity contribution in [3.8, 4) is 0 Å². The largest absolute Gasteiger partial charge is 0.463 e. The number of hydrogen-bond acceptors (Lipinski definition) is 7. The van der Waals surface area contributed by atoms with Crippen molar-refractivity contribution in [2.24, 2.45) is 11.8 Å². The van der Waals surface area contributed by atoms with Crippen molar-refractivity contribution in [1.82, 2.24) is 21.3 Å². The quantitative estimate of drug-likeness (QED) is 0.198. The van der Waals surface area contributed by atoms with E-state index in [1.807, 2.05) is 20.8 Å². The third kappa shape index (κ3) is 10.0. The number of rotatable bonds is 15. The van der Waals surface area contributed by atoms with Gasteiger partial charge in [0.2, 0.25) is 17.7 Å². The van der Waals surface area contributed by atoms with E-state index in [0.717, 1.165) is 0 Å². The summed E-state index contributed by atoms with van der Waals surface area (Å²) >= 11 is 0. The second-order valence-corrected chi connectivity index (χ2v) is 9.72. The molecule has 0 spiro atoms. The number of amides is 4. The van der Waals surface area contributed by atoms with Crippen LogP contribution in [0, 0.1) is 11.8 Å². The van der Waals surface area contributed by atoms with Crippen LogP contribution in [0.25, 0.3) is 0 Å². The molecule has 11 heteroatoms. The highest BCUT2D eigenvalue weighted by molar-refractivity contribution is 5.96. The second-order valence-electron chi connectivity index (χ2n) is 9.72. The lowest BCUT2D eigenvalue weighted by Crippen LogP contribution is -2.55. The number of nitrogens with one attached hydrogen (secondary N) is 4. The molecule has 1 aliphatic rings. The molecule has 4 N–H and O–H groups in total. The Balaban J connectivity index is 2.13. The summed E-state index contributed by atoms with van der Waals surface area (Å²) in [5.41, 5.74) is 0. The van der Waals surface area contributed by atoms with Gasteiger partial charge in [-0.2, -0.15) is 0 Å². The molecule has 11 nitrogen and oxygen atoms in total. The molecule has 210 valence electrons. The molecule has 0 unspecified atom stereocenters. The van der Waals surface area contributed by atoms with Crippen LogP contribution in [-0.2, 0) is 23.9 Å². The monoisotopic (exact) mass is 532 g/mol. The Morgan fingerprint density at radius 3 is 2.45 bits per heavy atom. The molecule has 1 aromatic rings. The minimum absolute atomic E-state index is 0.0848. The van der Waals surface area contributed by atoms with E-state index < -0.39 is 41.8 Å². The van der Waals surface area contributed by atoms with Crippen molar-refractivity contribution < 1.29 is 33.1 Å². The van der Waals surface area contributed by atoms with Crippen LogP contribution in [0.1, 0.15) is 70.4 Å². The molecule has 1 fully saturated rings. The fraction of sp³-hybridized carbons (Fsp3) is 0.593. The highest BCUT2D eigenvalue weighted by Gasteiger charge is 2.31. The predicted octanol–water partition coefficient (Wildman–Crippen LogP) is 1.84. The Morgan fingerprint density at radius 1 is 1.13 bits per heavy atom. The fourth-order valence-corrected chi connectivity index (χ4v) is 4.20. The van der Waals surface area contributed by atoms with E-state index in [1.54, 1.807) is 13.0 Å². The predicted molar refractivity (Wildman–Crippen MR) is 140 cm³/mol. The number of carbonyl (C=O) groups is 5. The summed E-state index contributed by atoms with van der Waals surface area (Å²) in [4.78, 5) is 63.0. The zero-order chi connectivity index (χ0) is 28.1. The summed E-state index contributed by atoms with van der Waals surface area (Å²) in [7, 11) is 0. The average Bonchev–Trinajstić information content (AvgIpc) is 3.54. The first-order valence-electron chi connectivity index (χ1n) is 13.2. The van der Waals surface area contributed by atoms with E-state index >= 15 is 0 Å². The molecule has 38 heavy (non-hydrogen) atoms. The third-order valence-corrected chi connectivity index (χ3v) is 6.06. The van der Waals surface area contributed by atoms with E-state index in [0.29, 0.717) is 38.6 Å². The van der Waals surface area contributed by atoms with Crippen LogP contribution in [-0.4, -0.2) is 60.9 Å². The van der Waals surface area contributed by atoms with Crippen LogP contribution >= 0.6 is 0 Å². The molecule has 0 bridgehead atoms. The summed E-state index contributed by atoms with van der Waals surface area (Å²) in [6, 6.07) is 0.708. The normalized spacial score (nSPS) is 17.5. The molecule has 4 atom stereocenters. The molecule has 4 amide bonds. The van der Waals surface area contributed by atoms with Crippen LogP contribution in [0.2, 0.25) is 0 Å². The molecule has 1 saturated heterocycles. The van der Waals surface area contributed by atoms with E-state index in [-0.39, 0.29) is 30.1 Å². The zero-order valence-electron chi connectivity index (χ0n) is 22.6. The number of furan rings is 1. The van der Waals surface area contributed by atoms with Gasteiger partial charge in [-0.25, -0.2) is 4.79 Å². The molecular weight excluding hydrogens is 492 g/mol. The molecule has 1 aromatic heterocycles. The maximum absolute atomic E-state index is 13.3. The topological polar surface area (TPSA) is 156 Å². The van der Waals surface area contributed by atoms with Gasteiger partial charge in [0.1, 0.15) is 12.1 Å². The van der Waals surface area contributed by atoms with Gasteiger partial charge in [-0.15, -0.1) is 0 Å². The molecule has 1 aliphatic heterocycles. The Hall–Kier alpha value is -3.63. The number of esters is 1. The summed E-state index contributed by atoms with van der Waals surface area (Å²) in [5.74, 6) is -2.23. The molecule has 2 rings (SSSR count). The lowest BCUT2D eigenvalue weighted by atomic mass is 9.97. The lowest BCUT2D eigenvalue weighted by molar-refractivity contribution is -0.137. The van der Waals surface area contributed by atoms with Gasteiger partial charge in [-0.3, -0.25) is 19.2 Å². The van der Waals surface area contributed by atoms with Gasteiger partial charge in [0.05, 0.1) is 12.9 Å². The van der Waals surface area contributed by atoms with E-state index in [2.05, 4.69) is 21.3 Å². The van der Waals surface area contributed by atoms with E-state index in [9.17, 15) is 24.0 Å². The van der Waals surface area contributed by atoms with Crippen molar-refractivity contribution in [2.75, 3.05) is 13.2 Å². The van der Waals surface area contributed by atoms with Gasteiger partial charge < -0.3 is 30.4 Å². The van der Waals surface area contributed by atoms with Gasteiger partial charge >= 0.3 is 5.97 Å². The van der Waals surface area contributed by atoms with Gasteiger partial charge in [-0.1, -0.05) is 33.3 Å². The van der Waals surface area contributed by atoms with Crippen LogP contribution < -0.4 is 21.3 Å². The van der Waals surface area contributed by atoms with Crippen molar-refractivity contribution in [2.45, 2.75) is 77.9 Å². The highest BCUT2D eigenvalue weighted by atomic mass is 16.5. The first-order chi connectivity index (χ1) is 18.1. The first kappa shape index (κ1) is 30.6. The van der Waals surface area contributed by atoms with Crippen molar-refractivity contribution in [3.63, 3.8) is 0 Å². The minimum atomic E-state index is -0.876. The maximum Gasteiger partial charge on any atom is 0.330 e. The number of ether oxygens (including phenoxy) is 1. The molecule has 2 heterocycles. The minimum Gasteiger partial charge on any atom is -0.463 e. The summed E-state index contributed by atoms with van der Waals surface area (Å²) in [6.07, 6.45) is 6.37. The highest BCUT2D eigenvalue weighted by Crippen LogP contribution is 2.17. The lowest BCUT2D eigenvalue weighted by Gasteiger charge is -2.25. The van der Waals surface area contributed by atoms with Crippen LogP contribution in [0.15, 0.2) is 35.0 Å². The van der Waals surface area contributed by atoms with Crippen molar-refractivity contribution >= 4 is 29.6 Å². The van der Waals surface area contributed by atoms with E-state index in [4.69, 9.17) is 9.15 Å². The Kier molecular flexibility index (Phi) is 12.5. The molecular formula is C27H40N4O7. The van der Waals surface area contributed by atoms with E-state index in [1.165, 1.54) is 24.5 Å². The number of hydrogen-bond donors (Lipinski definition) is 4. The van der Waals surface area contributed by atoms with Crippen LogP contribution in [0.4, 0.5) is 0 Å². The molecule has 0 aliphatic carbocycles. The van der Waals surface area contributed by atoms with Crippen molar-refractivity contribution in [3.05, 3.63) is 36.3 Å². The van der Waals surface area contributed by atoms with Crippen LogP contribution in [0.3, 0.4) is 0 Å². The smallest absolute Gasteiger partial charge is 0.330 e. The zero-order valence-corrected chi connectivity index (χ0v) is 22.6. The SMILES string of the molecule is CCC[C@H](NC(=O)[C@H](CC(C)C)NC(=O)c1ccco1)C(=O)N[C@H](/C=C/C(=O)OCC)C[C@@H]1CCNC1=O. The standard InChI is InChI=1S/C27H40N4O7/c1-5-8-20(30-26(35)21(15-17(3)4)31-27(36)22-9-7-14-38-22)25(34)29-19(10-11-23(32)37-6-2)16-18-12-13-28-24(18)33/h7,9-11,14,17-21H,5-6,8,12-13,15-16H2,1-4H3,(H,28,33)(H,29,34)(H,30,35)(H,31,36)/b11-10+/t18-,19+,20-,21-/m0/s1. The third-order valence-electron chi connectivity index (χ3n) is 6.06. The molecule has 0 radical (unpaired) electrons. The average molecular weight is 533 g/mol. The summed E-state index contributed by atoms with van der Waals surface area (Å²) < 4.78 is 10.1. The van der Waals surface area contributed by atoms with Gasteiger partial charge in [-0.05, 0) is 50.7 Å². The second kappa shape index (κ2) is 15.6. The van der Waals surface area contributed by atoms with Gasteiger partial charge in [0.15, 0.2) is 5.76 Å². The first-order valence-corrected chi connectivity index (χ1v) is 13.2. The Labute approximate surface area is 223 Å². The summed E-state index contributed by atoms with van der Waals surface area (Å²) in [6.45, 7) is 8.20. The van der Waals surface area contributed by atoms with Crippen LogP contribution in [0.5, 0.6) is 0 Å². The maximum atomic E-state index is 13.3. The fourth-order valence-electron chi connectivity index (χ4n) is 4.20. The summed E-state index contributed by atoms with van der Waals surface area (Å²) in [5, 5.41) is 11.1. The van der Waals surface area contributed by atoms with Gasteiger partial charge in [0.25, 0.3) is 5.91 Å². The van der Waals surface area contributed by atoms with Crippen molar-refractivity contribution in [1.29, 1.82) is 0 Å². The Bertz CT molecular complexity index is 974. The number of carbonyl (C=O) groups excluding carboxylic acids is 5. The molecule has 0 aromatic carbocycles.